The molecule has 2 fully saturated rings. The van der Waals surface area contributed by atoms with Crippen LogP contribution in [0, 0.1) is 0 Å². The molecule has 5 rings (SSSR count). The van der Waals surface area contributed by atoms with E-state index in [4.69, 9.17) is 0 Å². The Bertz CT molecular complexity index is 1270. The van der Waals surface area contributed by atoms with E-state index in [9.17, 15) is 18.0 Å². The Balaban J connectivity index is 1.39. The highest BCUT2D eigenvalue weighted by Gasteiger charge is 2.32. The highest BCUT2D eigenvalue weighted by molar-refractivity contribution is 7.89. The molecule has 0 bridgehead atoms. The first-order chi connectivity index (χ1) is 18.3. The molecule has 2 amide bonds. The lowest BCUT2D eigenvalue weighted by molar-refractivity contribution is 0.0723. The average Bonchev–Trinajstić information content (AvgIpc) is 3.30. The molecule has 0 radical (unpaired) electrons. The van der Waals surface area contributed by atoms with Gasteiger partial charge >= 0.3 is 0 Å². The van der Waals surface area contributed by atoms with Crippen LogP contribution in [0.1, 0.15) is 83.5 Å². The molecule has 38 heavy (non-hydrogen) atoms. The molecule has 8 nitrogen and oxygen atoms in total. The van der Waals surface area contributed by atoms with Crippen LogP contribution in [0.15, 0.2) is 29.2 Å². The number of hydrogen-bond donors (Lipinski definition) is 1. The van der Waals surface area contributed by atoms with Crippen LogP contribution in [-0.4, -0.2) is 73.1 Å². The minimum atomic E-state index is -3.56. The molecule has 1 N–H and O–H groups in total. The Hall–Kier alpha value is -2.27. The van der Waals surface area contributed by atoms with Crippen LogP contribution in [-0.2, 0) is 23.0 Å². The highest BCUT2D eigenvalue weighted by Crippen LogP contribution is 2.39. The molecule has 206 valence electrons. The maximum Gasteiger partial charge on any atom is 0.257 e. The number of nitrogens with zero attached hydrogens (tertiary/aromatic N) is 3. The minimum absolute atomic E-state index is 0.0125. The molecule has 1 aromatic carbocycles. The number of piperidine rings is 2. The Morgan fingerprint density at radius 2 is 1.53 bits per heavy atom. The number of thiophene rings is 1. The van der Waals surface area contributed by atoms with Crippen molar-refractivity contribution in [3.63, 3.8) is 0 Å². The van der Waals surface area contributed by atoms with E-state index in [-0.39, 0.29) is 16.7 Å². The first-order valence-electron chi connectivity index (χ1n) is 13.8. The fraction of sp³-hybridized carbons (Fsp3) is 0.571. The zero-order chi connectivity index (χ0) is 26.9. The topological polar surface area (TPSA) is 90.0 Å². The molecule has 0 atom stereocenters. The number of sulfonamides is 1. The van der Waals surface area contributed by atoms with Crippen molar-refractivity contribution in [1.82, 2.24) is 14.1 Å². The number of rotatable bonds is 6. The maximum atomic E-state index is 13.7. The molecule has 1 aromatic heterocycles. The number of amides is 2. The van der Waals surface area contributed by atoms with Crippen LogP contribution < -0.4 is 5.32 Å². The summed E-state index contributed by atoms with van der Waals surface area (Å²) in [5.74, 6) is -0.322. The number of fused-ring (bicyclic) bond motifs is 1. The van der Waals surface area contributed by atoms with Gasteiger partial charge in [0.05, 0.1) is 10.5 Å². The third kappa shape index (κ3) is 5.54. The second-order valence-corrected chi connectivity index (χ2v) is 13.9. The summed E-state index contributed by atoms with van der Waals surface area (Å²) in [4.78, 5) is 32.7. The Kier molecular flexibility index (Phi) is 8.23. The van der Waals surface area contributed by atoms with Crippen molar-refractivity contribution in [2.45, 2.75) is 76.3 Å². The SMILES string of the molecule is CC(C)N1CCc2c(sc(NC(=O)c3ccc(S(=O)(=O)N4CCCCC4)cc3)c2C(=O)N2CCCCC2)C1. The summed E-state index contributed by atoms with van der Waals surface area (Å²) in [5, 5.41) is 3.63. The number of nitrogens with one attached hydrogen (secondary N) is 1. The van der Waals surface area contributed by atoms with Gasteiger partial charge in [0.15, 0.2) is 0 Å². The zero-order valence-corrected chi connectivity index (χ0v) is 24.0. The standard InChI is InChI=1S/C28H38N4O4S2/c1-20(2)31-18-13-23-24(19-31)37-27(25(23)28(34)30-14-5-3-6-15-30)29-26(33)21-9-11-22(12-10-21)38(35,36)32-16-7-4-8-17-32/h9-12,20H,3-8,13-19H2,1-2H3,(H,29,33). The Morgan fingerprint density at radius 1 is 0.895 bits per heavy atom. The second-order valence-electron chi connectivity index (χ2n) is 10.8. The average molecular weight is 559 g/mol. The second kappa shape index (κ2) is 11.5. The van der Waals surface area contributed by atoms with Gasteiger partial charge in [-0.15, -0.1) is 11.3 Å². The van der Waals surface area contributed by atoms with Gasteiger partial charge in [-0.1, -0.05) is 6.42 Å². The maximum absolute atomic E-state index is 13.7. The van der Waals surface area contributed by atoms with Crippen molar-refractivity contribution < 1.29 is 18.0 Å². The van der Waals surface area contributed by atoms with E-state index in [0.717, 1.165) is 81.6 Å². The third-order valence-corrected chi connectivity index (χ3v) is 11.0. The summed E-state index contributed by atoms with van der Waals surface area (Å²) in [7, 11) is -3.56. The monoisotopic (exact) mass is 558 g/mol. The predicted octanol–water partition coefficient (Wildman–Crippen LogP) is 4.57. The Labute approximate surface area is 230 Å². The van der Waals surface area contributed by atoms with E-state index in [2.05, 4.69) is 24.1 Å². The smallest absolute Gasteiger partial charge is 0.257 e. The number of anilines is 1. The third-order valence-electron chi connectivity index (χ3n) is 7.97. The molecule has 3 aliphatic rings. The van der Waals surface area contributed by atoms with Crippen LogP contribution >= 0.6 is 11.3 Å². The molecule has 0 unspecified atom stereocenters. The van der Waals surface area contributed by atoms with E-state index in [0.29, 0.717) is 35.3 Å². The molecule has 0 saturated carbocycles. The van der Waals surface area contributed by atoms with Crippen LogP contribution in [0.2, 0.25) is 0 Å². The quantitative estimate of drug-likeness (QED) is 0.561. The van der Waals surface area contributed by atoms with Crippen molar-refractivity contribution in [3.8, 4) is 0 Å². The van der Waals surface area contributed by atoms with Gasteiger partial charge in [-0.05, 0) is 82.2 Å². The molecule has 10 heteroatoms. The summed E-state index contributed by atoms with van der Waals surface area (Å²) >= 11 is 1.50. The first-order valence-corrected chi connectivity index (χ1v) is 16.1. The summed E-state index contributed by atoms with van der Waals surface area (Å²) in [6.07, 6.45) is 6.74. The van der Waals surface area contributed by atoms with Gasteiger partial charge in [0.2, 0.25) is 10.0 Å². The zero-order valence-electron chi connectivity index (χ0n) is 22.4. The molecular weight excluding hydrogens is 520 g/mol. The molecule has 0 spiro atoms. The number of carbonyl (C=O) groups excluding carboxylic acids is 2. The van der Waals surface area contributed by atoms with Gasteiger partial charge in [0.25, 0.3) is 11.8 Å². The van der Waals surface area contributed by atoms with Crippen molar-refractivity contribution in [1.29, 1.82) is 0 Å². The summed E-state index contributed by atoms with van der Waals surface area (Å²) in [6.45, 7) is 8.60. The van der Waals surface area contributed by atoms with Gasteiger partial charge < -0.3 is 10.2 Å². The molecule has 2 saturated heterocycles. The van der Waals surface area contributed by atoms with Crippen LogP contribution in [0.25, 0.3) is 0 Å². The number of carbonyl (C=O) groups is 2. The summed E-state index contributed by atoms with van der Waals surface area (Å²) in [6, 6.07) is 6.56. The highest BCUT2D eigenvalue weighted by atomic mass is 32.2. The van der Waals surface area contributed by atoms with Gasteiger partial charge in [0.1, 0.15) is 5.00 Å². The summed E-state index contributed by atoms with van der Waals surface area (Å²) in [5.41, 5.74) is 2.09. The fourth-order valence-corrected chi connectivity index (χ4v) is 8.42. The van der Waals surface area contributed by atoms with Crippen LogP contribution in [0.3, 0.4) is 0 Å². The minimum Gasteiger partial charge on any atom is -0.339 e. The first kappa shape index (κ1) is 27.3. The van der Waals surface area contributed by atoms with Crippen molar-refractivity contribution >= 4 is 38.2 Å². The summed E-state index contributed by atoms with van der Waals surface area (Å²) < 4.78 is 27.5. The van der Waals surface area contributed by atoms with E-state index in [1.165, 1.54) is 27.8 Å². The lowest BCUT2D eigenvalue weighted by Crippen LogP contribution is -2.38. The number of likely N-dealkylation sites (tertiary alicyclic amines) is 1. The van der Waals surface area contributed by atoms with Crippen molar-refractivity contribution in [2.24, 2.45) is 0 Å². The lowest BCUT2D eigenvalue weighted by atomic mass is 10.00. The number of hydrogen-bond acceptors (Lipinski definition) is 6. The molecule has 2 aromatic rings. The molecule has 3 aliphatic heterocycles. The van der Waals surface area contributed by atoms with Gasteiger partial charge in [0, 0.05) is 55.8 Å². The van der Waals surface area contributed by atoms with Gasteiger partial charge in [-0.25, -0.2) is 8.42 Å². The normalized spacial score (nSPS) is 19.4. The molecule has 4 heterocycles. The van der Waals surface area contributed by atoms with E-state index in [1.807, 2.05) is 4.90 Å². The lowest BCUT2D eigenvalue weighted by Gasteiger charge is -2.31. The van der Waals surface area contributed by atoms with E-state index >= 15 is 0 Å². The fourth-order valence-electron chi connectivity index (χ4n) is 5.64. The van der Waals surface area contributed by atoms with E-state index < -0.39 is 10.0 Å². The van der Waals surface area contributed by atoms with Gasteiger partial charge in [-0.3, -0.25) is 14.5 Å². The molecule has 0 aliphatic carbocycles. The van der Waals surface area contributed by atoms with Crippen molar-refractivity contribution in [2.75, 3.05) is 38.0 Å². The number of benzene rings is 1. The predicted molar refractivity (Wildman–Crippen MR) is 150 cm³/mol. The largest absolute Gasteiger partial charge is 0.339 e. The van der Waals surface area contributed by atoms with Gasteiger partial charge in [-0.2, -0.15) is 4.31 Å². The van der Waals surface area contributed by atoms with Crippen molar-refractivity contribution in [3.05, 3.63) is 45.8 Å². The van der Waals surface area contributed by atoms with Crippen LogP contribution in [0.4, 0.5) is 5.00 Å². The molecular formula is C28H38N4O4S2. The van der Waals surface area contributed by atoms with Crippen LogP contribution in [0.5, 0.6) is 0 Å². The Morgan fingerprint density at radius 3 is 2.16 bits per heavy atom. The van der Waals surface area contributed by atoms with E-state index in [1.54, 1.807) is 12.1 Å².